The van der Waals surface area contributed by atoms with Crippen LogP contribution in [-0.4, -0.2) is 24.0 Å². The van der Waals surface area contributed by atoms with E-state index in [1.54, 1.807) is 6.07 Å². The third kappa shape index (κ3) is 2.16. The van der Waals surface area contributed by atoms with E-state index in [1.807, 2.05) is 30.4 Å². The molecule has 6 heteroatoms. The largest absolute Gasteiger partial charge is 0.504 e. The molecule has 1 heterocycles. The Labute approximate surface area is 116 Å². The number of aromatic hydroxyl groups is 1. The van der Waals surface area contributed by atoms with E-state index in [4.69, 9.17) is 4.74 Å². The lowest BCUT2D eigenvalue weighted by Gasteiger charge is -2.12. The van der Waals surface area contributed by atoms with Gasteiger partial charge in [0.1, 0.15) is 0 Å². The first-order valence-corrected chi connectivity index (χ1v) is 6.23. The van der Waals surface area contributed by atoms with E-state index in [-0.39, 0.29) is 11.8 Å². The van der Waals surface area contributed by atoms with Crippen LogP contribution in [-0.2, 0) is 6.54 Å². The highest BCUT2D eigenvalue weighted by atomic mass is 16.5. The molecule has 3 rings (SSSR count). The number of phenolic OH excluding ortho intramolecular Hbond substituents is 1. The number of para-hydroxylation sites is 1. The van der Waals surface area contributed by atoms with Crippen LogP contribution in [0.5, 0.6) is 11.5 Å². The fraction of sp³-hybridized carbons (Fsp3) is 0.214. The first-order chi connectivity index (χ1) is 9.79. The molecule has 2 aliphatic rings. The highest BCUT2D eigenvalue weighted by Crippen LogP contribution is 2.30. The number of aliphatic imine (C=N–C) groups is 1. The van der Waals surface area contributed by atoms with E-state index in [1.165, 1.54) is 7.11 Å². The van der Waals surface area contributed by atoms with E-state index in [0.717, 1.165) is 11.4 Å². The van der Waals surface area contributed by atoms with Gasteiger partial charge in [-0.15, -0.1) is 0 Å². The van der Waals surface area contributed by atoms with Crippen molar-refractivity contribution in [3.05, 3.63) is 47.7 Å². The Morgan fingerprint density at radius 2 is 2.35 bits per heavy atom. The predicted molar refractivity (Wildman–Crippen MR) is 74.8 cm³/mol. The number of fused-ring (bicyclic) bond motifs is 1. The van der Waals surface area contributed by atoms with Crippen LogP contribution in [0.15, 0.2) is 57.5 Å². The van der Waals surface area contributed by atoms with Gasteiger partial charge in [-0.2, -0.15) is 5.11 Å². The summed E-state index contributed by atoms with van der Waals surface area (Å²) < 4.78 is 5.08. The number of benzene rings is 1. The zero-order valence-electron chi connectivity index (χ0n) is 10.9. The van der Waals surface area contributed by atoms with Gasteiger partial charge >= 0.3 is 0 Å². The van der Waals surface area contributed by atoms with Crippen molar-refractivity contribution in [1.82, 2.24) is 5.43 Å². The summed E-state index contributed by atoms with van der Waals surface area (Å²) >= 11 is 0. The van der Waals surface area contributed by atoms with Crippen molar-refractivity contribution in [2.75, 3.05) is 7.11 Å². The molecule has 1 aliphatic heterocycles. The molecule has 1 aromatic rings. The Morgan fingerprint density at radius 1 is 1.45 bits per heavy atom. The van der Waals surface area contributed by atoms with Crippen LogP contribution >= 0.6 is 0 Å². The van der Waals surface area contributed by atoms with Crippen molar-refractivity contribution in [3.8, 4) is 11.5 Å². The van der Waals surface area contributed by atoms with Crippen LogP contribution in [0.25, 0.3) is 0 Å². The zero-order chi connectivity index (χ0) is 13.9. The summed E-state index contributed by atoms with van der Waals surface area (Å²) in [5, 5.41) is 17.9. The van der Waals surface area contributed by atoms with E-state index in [0.29, 0.717) is 17.9 Å². The van der Waals surface area contributed by atoms with Crippen molar-refractivity contribution >= 4 is 5.71 Å². The van der Waals surface area contributed by atoms with Crippen LogP contribution in [0.1, 0.15) is 5.56 Å². The van der Waals surface area contributed by atoms with Gasteiger partial charge in [0.25, 0.3) is 0 Å². The second kappa shape index (κ2) is 5.16. The number of methoxy groups -OCH3 is 1. The molecule has 0 fully saturated rings. The molecule has 1 aliphatic carbocycles. The summed E-state index contributed by atoms with van der Waals surface area (Å²) in [5.41, 5.74) is 5.28. The maximum atomic E-state index is 10.0. The number of rotatable bonds is 3. The van der Waals surface area contributed by atoms with Crippen LogP contribution in [0.3, 0.4) is 0 Å². The second-order valence-corrected chi connectivity index (χ2v) is 4.42. The summed E-state index contributed by atoms with van der Waals surface area (Å²) in [5.74, 6) is 0.575. The SMILES string of the molecule is COc1cccc(CN=C2C=CC=C3NN=N[C@@H]32)c1O. The van der Waals surface area contributed by atoms with Crippen molar-refractivity contribution in [2.24, 2.45) is 15.3 Å². The molecule has 6 nitrogen and oxygen atoms in total. The second-order valence-electron chi connectivity index (χ2n) is 4.42. The topological polar surface area (TPSA) is 78.6 Å². The summed E-state index contributed by atoms with van der Waals surface area (Å²) in [6.07, 6.45) is 5.73. The molecule has 0 aromatic heterocycles. The number of allylic oxidation sites excluding steroid dienone is 2. The fourth-order valence-electron chi connectivity index (χ4n) is 2.13. The average Bonchev–Trinajstić information content (AvgIpc) is 2.95. The first kappa shape index (κ1) is 12.4. The number of hydrogen-bond donors (Lipinski definition) is 2. The predicted octanol–water partition coefficient (Wildman–Crippen LogP) is 2.13. The van der Waals surface area contributed by atoms with Gasteiger partial charge in [0.2, 0.25) is 0 Å². The Kier molecular flexibility index (Phi) is 3.20. The van der Waals surface area contributed by atoms with Gasteiger partial charge in [-0.3, -0.25) is 10.4 Å². The molecule has 2 N–H and O–H groups in total. The van der Waals surface area contributed by atoms with Gasteiger partial charge in [0.05, 0.1) is 25.1 Å². The average molecular weight is 270 g/mol. The lowest BCUT2D eigenvalue weighted by atomic mass is 10.0. The molecule has 0 radical (unpaired) electrons. The van der Waals surface area contributed by atoms with Gasteiger partial charge in [0, 0.05) is 5.56 Å². The normalized spacial score (nSPS) is 21.6. The van der Waals surface area contributed by atoms with Gasteiger partial charge in [-0.25, -0.2) is 0 Å². The summed E-state index contributed by atoms with van der Waals surface area (Å²) in [7, 11) is 1.52. The van der Waals surface area contributed by atoms with Crippen molar-refractivity contribution in [1.29, 1.82) is 0 Å². The number of nitrogens with zero attached hydrogens (tertiary/aromatic N) is 3. The number of hydrogen-bond acceptors (Lipinski definition) is 6. The van der Waals surface area contributed by atoms with Crippen LogP contribution in [0.2, 0.25) is 0 Å². The molecule has 0 spiro atoms. The minimum absolute atomic E-state index is 0.126. The lowest BCUT2D eigenvalue weighted by molar-refractivity contribution is 0.370. The van der Waals surface area contributed by atoms with Crippen molar-refractivity contribution < 1.29 is 9.84 Å². The maximum absolute atomic E-state index is 10.0. The highest BCUT2D eigenvalue weighted by molar-refractivity contribution is 6.03. The number of ether oxygens (including phenoxy) is 1. The van der Waals surface area contributed by atoms with Crippen molar-refractivity contribution in [3.63, 3.8) is 0 Å². The van der Waals surface area contributed by atoms with Gasteiger partial charge < -0.3 is 9.84 Å². The van der Waals surface area contributed by atoms with Crippen molar-refractivity contribution in [2.45, 2.75) is 12.6 Å². The van der Waals surface area contributed by atoms with Gasteiger partial charge in [0.15, 0.2) is 17.5 Å². The summed E-state index contributed by atoms with van der Waals surface area (Å²) in [6, 6.07) is 5.20. The molecule has 0 saturated heterocycles. The molecule has 0 bridgehead atoms. The molecule has 1 aromatic carbocycles. The van der Waals surface area contributed by atoms with Crippen LogP contribution in [0, 0.1) is 0 Å². The van der Waals surface area contributed by atoms with Gasteiger partial charge in [-0.05, 0) is 18.2 Å². The lowest BCUT2D eigenvalue weighted by Crippen LogP contribution is -2.22. The molecule has 1 atom stereocenters. The van der Waals surface area contributed by atoms with Gasteiger partial charge in [-0.1, -0.05) is 23.4 Å². The molecular weight excluding hydrogens is 256 g/mol. The Morgan fingerprint density at radius 3 is 3.20 bits per heavy atom. The molecule has 102 valence electrons. The standard InChI is InChI=1S/C14H14N4O2/c1-20-12-7-2-4-9(14(12)19)8-15-10-5-3-6-11-13(10)17-18-16-11/h2-7,13,19H,8H2,1H3,(H,16,17)/t13-/m1/s1. The molecule has 0 amide bonds. The Bertz CT molecular complexity index is 647. The summed E-state index contributed by atoms with van der Waals surface area (Å²) in [6.45, 7) is 0.363. The van der Waals surface area contributed by atoms with E-state index in [2.05, 4.69) is 20.8 Å². The molecule has 0 saturated carbocycles. The smallest absolute Gasteiger partial charge is 0.162 e. The first-order valence-electron chi connectivity index (χ1n) is 6.23. The number of phenols is 1. The zero-order valence-corrected chi connectivity index (χ0v) is 10.9. The third-order valence-corrected chi connectivity index (χ3v) is 3.20. The van der Waals surface area contributed by atoms with E-state index in [9.17, 15) is 5.11 Å². The number of nitrogens with one attached hydrogen (secondary N) is 1. The minimum atomic E-state index is -0.159. The molecule has 20 heavy (non-hydrogen) atoms. The van der Waals surface area contributed by atoms with E-state index >= 15 is 0 Å². The Hall–Kier alpha value is -2.63. The molecule has 0 unspecified atom stereocenters. The van der Waals surface area contributed by atoms with Crippen LogP contribution < -0.4 is 10.2 Å². The fourth-order valence-corrected chi connectivity index (χ4v) is 2.13. The Balaban J connectivity index is 1.83. The molecular formula is C14H14N4O2. The summed E-state index contributed by atoms with van der Waals surface area (Å²) in [4.78, 5) is 4.51. The quantitative estimate of drug-likeness (QED) is 0.883. The maximum Gasteiger partial charge on any atom is 0.162 e. The highest BCUT2D eigenvalue weighted by Gasteiger charge is 2.24. The van der Waals surface area contributed by atoms with E-state index < -0.39 is 0 Å². The van der Waals surface area contributed by atoms with Crippen LogP contribution in [0.4, 0.5) is 0 Å². The third-order valence-electron chi connectivity index (χ3n) is 3.20. The minimum Gasteiger partial charge on any atom is -0.504 e. The monoisotopic (exact) mass is 270 g/mol.